The Morgan fingerprint density at radius 2 is 1.19 bits per heavy atom. The molecule has 16 nitrogen and oxygen atoms in total. The van der Waals surface area contributed by atoms with Gasteiger partial charge in [0.1, 0.15) is 11.4 Å². The van der Waals surface area contributed by atoms with Crippen molar-refractivity contribution in [2.24, 2.45) is 0 Å². The van der Waals surface area contributed by atoms with E-state index in [-0.39, 0.29) is 36.2 Å². The van der Waals surface area contributed by atoms with E-state index in [1.165, 1.54) is 12.1 Å². The first kappa shape index (κ1) is 48.3. The van der Waals surface area contributed by atoms with Crippen molar-refractivity contribution in [2.45, 2.75) is 25.6 Å². The maximum Gasteiger partial charge on any atom is 0.354 e. The topological polar surface area (TPSA) is 193 Å². The molecule has 67 heavy (non-hydrogen) atoms. The van der Waals surface area contributed by atoms with Gasteiger partial charge in [-0.2, -0.15) is 0 Å². The molecule has 1 atom stereocenters. The number of aromatic nitrogens is 2. The minimum atomic E-state index is -1.15. The fourth-order valence-electron chi connectivity index (χ4n) is 7.95. The summed E-state index contributed by atoms with van der Waals surface area (Å²) < 4.78 is 23.9. The zero-order chi connectivity index (χ0) is 46.8. The highest BCUT2D eigenvalue weighted by molar-refractivity contribution is 5.98. The smallest absolute Gasteiger partial charge is 0.354 e. The number of nitrogens with zero attached hydrogens (tertiary/aromatic N) is 5. The van der Waals surface area contributed by atoms with Crippen LogP contribution in [0.5, 0.6) is 0 Å². The van der Waals surface area contributed by atoms with Crippen LogP contribution in [0.15, 0.2) is 109 Å². The summed E-state index contributed by atoms with van der Waals surface area (Å²) in [4.78, 5) is 65.6. The third-order valence-corrected chi connectivity index (χ3v) is 11.4. The number of carboxylic acids is 2. The van der Waals surface area contributed by atoms with Crippen LogP contribution in [0.2, 0.25) is 0 Å². The summed E-state index contributed by atoms with van der Waals surface area (Å²) in [7, 11) is 0. The summed E-state index contributed by atoms with van der Waals surface area (Å²) in [6.45, 7) is 5.81. The lowest BCUT2D eigenvalue weighted by molar-refractivity contribution is -0.118. The first-order valence-electron chi connectivity index (χ1n) is 22.4. The molecule has 0 bridgehead atoms. The van der Waals surface area contributed by atoms with Gasteiger partial charge in [0, 0.05) is 51.3 Å². The minimum absolute atomic E-state index is 0.00739. The van der Waals surface area contributed by atoms with Crippen molar-refractivity contribution >= 4 is 41.6 Å². The SMILES string of the molecule is O=C(NCCC(=O)N1Cc2ccccc2C=Cc2ccccc21)c1ccc(C(c2cccc(C(=O)O)n2)N2CCOCCOCCN(Cc3cccc(C(=O)O)n3)CCOCCOCC2)cc1. The van der Waals surface area contributed by atoms with Crippen LogP contribution in [-0.2, 0) is 36.8 Å². The molecule has 5 aromatic rings. The van der Waals surface area contributed by atoms with E-state index in [0.29, 0.717) is 109 Å². The standard InChI is InChI=1S/C51H56N6O10/c58-47(57-35-41-9-2-1-7-37(41)15-16-38-8-3-4-14-46(38)57)21-22-52-49(59)40-19-17-39(18-20-40)48(43-11-6-13-45(54-43)51(62)63)56-25-29-66-33-31-64-27-23-55(24-28-65-32-34-67-30-26-56)36-42-10-5-12-44(53-42)50(60)61/h1-20,48H,21-36H2,(H,52,59)(H,60,61)(H,62,63). The number of nitrogens with one attached hydrogen (secondary N) is 1. The summed E-state index contributed by atoms with van der Waals surface area (Å²) in [5, 5.41) is 22.2. The lowest BCUT2D eigenvalue weighted by atomic mass is 9.99. The quantitative estimate of drug-likeness (QED) is 0.147. The van der Waals surface area contributed by atoms with Crippen molar-refractivity contribution < 1.29 is 48.3 Å². The molecule has 4 heterocycles. The number of carbonyl (C=O) groups is 4. The second-order valence-electron chi connectivity index (χ2n) is 15.9. The molecule has 2 aliphatic rings. The number of anilines is 1. The number of hydrogen-bond donors (Lipinski definition) is 3. The van der Waals surface area contributed by atoms with Gasteiger partial charge in [0.2, 0.25) is 5.91 Å². The Morgan fingerprint density at radius 3 is 1.87 bits per heavy atom. The molecule has 16 heteroatoms. The van der Waals surface area contributed by atoms with E-state index in [1.807, 2.05) is 66.7 Å². The molecule has 2 aromatic heterocycles. The first-order valence-corrected chi connectivity index (χ1v) is 22.4. The molecule has 0 aliphatic carbocycles. The first-order chi connectivity index (χ1) is 32.7. The Labute approximate surface area is 389 Å². The molecule has 2 aliphatic heterocycles. The van der Waals surface area contributed by atoms with Gasteiger partial charge in [-0.15, -0.1) is 0 Å². The Hall–Kier alpha value is -6.66. The van der Waals surface area contributed by atoms with Crippen LogP contribution < -0.4 is 10.2 Å². The van der Waals surface area contributed by atoms with Crippen LogP contribution in [-0.4, -0.2) is 139 Å². The average molecular weight is 913 g/mol. The maximum absolute atomic E-state index is 13.8. The van der Waals surface area contributed by atoms with Gasteiger partial charge in [-0.05, 0) is 64.7 Å². The van der Waals surface area contributed by atoms with Gasteiger partial charge in [0.05, 0.1) is 82.5 Å². The lowest BCUT2D eigenvalue weighted by Gasteiger charge is -2.32. The molecular formula is C51H56N6O10. The van der Waals surface area contributed by atoms with E-state index < -0.39 is 18.0 Å². The zero-order valence-corrected chi connectivity index (χ0v) is 37.3. The van der Waals surface area contributed by atoms with Crippen LogP contribution in [0.1, 0.15) is 77.4 Å². The number of amides is 2. The van der Waals surface area contributed by atoms with Crippen molar-refractivity contribution in [1.29, 1.82) is 0 Å². The predicted molar refractivity (Wildman–Crippen MR) is 251 cm³/mol. The number of carbonyl (C=O) groups excluding carboxylic acids is 2. The van der Waals surface area contributed by atoms with E-state index in [4.69, 9.17) is 18.9 Å². The highest BCUT2D eigenvalue weighted by Gasteiger charge is 2.26. The third kappa shape index (κ3) is 13.9. The molecule has 0 saturated carbocycles. The van der Waals surface area contributed by atoms with Crippen LogP contribution in [0.4, 0.5) is 5.69 Å². The number of fused-ring (bicyclic) bond motifs is 2. The molecule has 3 N–H and O–H groups in total. The highest BCUT2D eigenvalue weighted by atomic mass is 16.5. The highest BCUT2D eigenvalue weighted by Crippen LogP contribution is 2.30. The maximum atomic E-state index is 13.8. The summed E-state index contributed by atoms with van der Waals surface area (Å²) in [5.74, 6) is -2.67. The van der Waals surface area contributed by atoms with Crippen LogP contribution in [0.25, 0.3) is 12.2 Å². The summed E-state index contributed by atoms with van der Waals surface area (Å²) in [6.07, 6.45) is 4.18. The van der Waals surface area contributed by atoms with E-state index >= 15 is 0 Å². The van der Waals surface area contributed by atoms with Gasteiger partial charge < -0.3 is 39.4 Å². The summed E-state index contributed by atoms with van der Waals surface area (Å²) >= 11 is 0. The number of ether oxygens (including phenoxy) is 4. The van der Waals surface area contributed by atoms with E-state index in [1.54, 1.807) is 41.3 Å². The van der Waals surface area contributed by atoms with Crippen molar-refractivity contribution in [3.63, 3.8) is 0 Å². The summed E-state index contributed by atoms with van der Waals surface area (Å²) in [6, 6.07) is 32.2. The van der Waals surface area contributed by atoms with Gasteiger partial charge in [-0.25, -0.2) is 19.6 Å². The number of benzene rings is 3. The van der Waals surface area contributed by atoms with Crippen molar-refractivity contribution in [3.05, 3.63) is 160 Å². The zero-order valence-electron chi connectivity index (χ0n) is 37.3. The molecule has 0 spiro atoms. The molecule has 3 aromatic carbocycles. The molecule has 2 amide bonds. The Balaban J connectivity index is 0.988. The van der Waals surface area contributed by atoms with E-state index in [0.717, 1.165) is 27.9 Å². The number of carboxylic acid groups (broad SMARTS) is 2. The normalized spacial score (nSPS) is 16.5. The van der Waals surface area contributed by atoms with Gasteiger partial charge in [-0.1, -0.05) is 78.9 Å². The molecular weight excluding hydrogens is 857 g/mol. The fraction of sp³-hybridized carbons (Fsp3) is 0.333. The average Bonchev–Trinajstić information content (AvgIpc) is 3.33. The van der Waals surface area contributed by atoms with Gasteiger partial charge in [0.15, 0.2) is 0 Å². The van der Waals surface area contributed by atoms with Crippen molar-refractivity contribution in [3.8, 4) is 0 Å². The number of para-hydroxylation sites is 1. The van der Waals surface area contributed by atoms with Crippen LogP contribution in [0, 0.1) is 0 Å². The van der Waals surface area contributed by atoms with Gasteiger partial charge in [-0.3, -0.25) is 19.4 Å². The monoisotopic (exact) mass is 912 g/mol. The number of pyridine rings is 2. The molecule has 0 radical (unpaired) electrons. The molecule has 1 unspecified atom stereocenters. The second-order valence-corrected chi connectivity index (χ2v) is 15.9. The van der Waals surface area contributed by atoms with Crippen molar-refractivity contribution in [2.75, 3.05) is 90.5 Å². The fourth-order valence-corrected chi connectivity index (χ4v) is 7.95. The molecule has 1 fully saturated rings. The Bertz CT molecular complexity index is 2460. The number of hydrogen-bond acceptors (Lipinski definition) is 12. The number of aromatic carboxylic acids is 2. The van der Waals surface area contributed by atoms with Crippen molar-refractivity contribution in [1.82, 2.24) is 25.1 Å². The third-order valence-electron chi connectivity index (χ3n) is 11.4. The summed E-state index contributed by atoms with van der Waals surface area (Å²) in [5.41, 5.74) is 6.03. The second kappa shape index (κ2) is 24.7. The molecule has 350 valence electrons. The van der Waals surface area contributed by atoms with E-state index in [2.05, 4.69) is 31.2 Å². The molecule has 7 rings (SSSR count). The Kier molecular flexibility index (Phi) is 17.8. The minimum Gasteiger partial charge on any atom is -0.477 e. The molecule has 1 saturated heterocycles. The van der Waals surface area contributed by atoms with Crippen LogP contribution >= 0.6 is 0 Å². The van der Waals surface area contributed by atoms with Gasteiger partial charge >= 0.3 is 11.9 Å². The number of rotatable bonds is 11. The largest absolute Gasteiger partial charge is 0.477 e. The van der Waals surface area contributed by atoms with Crippen LogP contribution in [0.3, 0.4) is 0 Å². The predicted octanol–water partition coefficient (Wildman–Crippen LogP) is 5.68. The van der Waals surface area contributed by atoms with E-state index in [9.17, 15) is 29.4 Å². The van der Waals surface area contributed by atoms with Gasteiger partial charge in [0.25, 0.3) is 5.91 Å². The Morgan fingerprint density at radius 1 is 0.612 bits per heavy atom. The lowest BCUT2D eigenvalue weighted by Crippen LogP contribution is -2.37.